The highest BCUT2D eigenvalue weighted by Gasteiger charge is 2.55. The van der Waals surface area contributed by atoms with Crippen molar-refractivity contribution in [2.75, 3.05) is 0 Å². The molecule has 4 aliphatic carbocycles. The van der Waals surface area contributed by atoms with Crippen LogP contribution in [-0.2, 0) is 0 Å². The first-order valence-electron chi connectivity index (χ1n) is 8.98. The maximum Gasteiger partial charge on any atom is 0.0723 e. The minimum absolute atomic E-state index is 0.168. The van der Waals surface area contributed by atoms with Crippen molar-refractivity contribution in [1.29, 1.82) is 0 Å². The smallest absolute Gasteiger partial charge is 0.0723 e. The van der Waals surface area contributed by atoms with Crippen LogP contribution >= 0.6 is 0 Å². The molecule has 0 saturated heterocycles. The molecule has 21 heavy (non-hydrogen) atoms. The summed E-state index contributed by atoms with van der Waals surface area (Å²) >= 11 is 0. The van der Waals surface area contributed by atoms with Crippen LogP contribution in [0.2, 0.25) is 0 Å². The molecule has 0 aromatic carbocycles. The van der Waals surface area contributed by atoms with Crippen molar-refractivity contribution in [3.8, 4) is 12.3 Å². The number of fused-ring (bicyclic) bond motifs is 5. The van der Waals surface area contributed by atoms with Gasteiger partial charge in [0.1, 0.15) is 0 Å². The van der Waals surface area contributed by atoms with Crippen LogP contribution in [-0.4, -0.2) is 11.2 Å². The summed E-state index contributed by atoms with van der Waals surface area (Å²) in [6, 6.07) is 0. The Hall–Kier alpha value is -0.740. The Balaban J connectivity index is 1.62. The maximum absolute atomic E-state index is 9.90. The van der Waals surface area contributed by atoms with Gasteiger partial charge in [-0.1, -0.05) is 18.6 Å². The molecule has 3 saturated carbocycles. The predicted molar refractivity (Wildman–Crippen MR) is 85.4 cm³/mol. The van der Waals surface area contributed by atoms with E-state index in [-0.39, 0.29) is 6.10 Å². The van der Waals surface area contributed by atoms with Crippen molar-refractivity contribution < 1.29 is 5.11 Å². The molecule has 0 radical (unpaired) electrons. The Kier molecular flexibility index (Phi) is 3.23. The average molecular weight is 284 g/mol. The van der Waals surface area contributed by atoms with E-state index in [2.05, 4.69) is 18.9 Å². The van der Waals surface area contributed by atoms with Crippen LogP contribution in [0, 0.1) is 47.3 Å². The second kappa shape index (κ2) is 4.88. The summed E-state index contributed by atoms with van der Waals surface area (Å²) in [5, 5.41) is 9.90. The summed E-state index contributed by atoms with van der Waals surface area (Å²) in [5.74, 6) is 7.07. The minimum atomic E-state index is -0.168. The monoisotopic (exact) mass is 284 g/mol. The molecule has 1 N–H and O–H groups in total. The zero-order valence-corrected chi connectivity index (χ0v) is 13.2. The Morgan fingerprint density at radius 2 is 2.00 bits per heavy atom. The zero-order valence-electron chi connectivity index (χ0n) is 13.2. The van der Waals surface area contributed by atoms with Crippen LogP contribution < -0.4 is 0 Å². The summed E-state index contributed by atoms with van der Waals surface area (Å²) in [4.78, 5) is 0. The van der Waals surface area contributed by atoms with Gasteiger partial charge in [-0.05, 0) is 80.5 Å². The van der Waals surface area contributed by atoms with Gasteiger partial charge in [-0.15, -0.1) is 12.3 Å². The molecule has 0 aliphatic heterocycles. The van der Waals surface area contributed by atoms with Gasteiger partial charge >= 0.3 is 0 Å². The van der Waals surface area contributed by atoms with Gasteiger partial charge in [0.2, 0.25) is 0 Å². The standard InChI is InChI=1S/C20H28O/c1-3-14-5-9-19-18-7-4-13-12-15(21)6-8-16(13)17(18)10-11-20(14,19)2/h1,12,14-19,21H,4-11H2,2H3/t14-,15?,16-,17+,18+,19-,20+/m0/s1. The lowest BCUT2D eigenvalue weighted by Crippen LogP contribution is -2.46. The molecule has 0 amide bonds. The van der Waals surface area contributed by atoms with Crippen LogP contribution in [0.3, 0.4) is 0 Å². The van der Waals surface area contributed by atoms with Gasteiger partial charge in [-0.2, -0.15) is 0 Å². The van der Waals surface area contributed by atoms with E-state index in [4.69, 9.17) is 6.42 Å². The van der Waals surface area contributed by atoms with Gasteiger partial charge < -0.3 is 5.11 Å². The van der Waals surface area contributed by atoms with Gasteiger partial charge in [-0.25, -0.2) is 0 Å². The molecule has 0 bridgehead atoms. The zero-order chi connectivity index (χ0) is 14.6. The van der Waals surface area contributed by atoms with E-state index in [9.17, 15) is 5.11 Å². The summed E-state index contributed by atoms with van der Waals surface area (Å²) in [6.45, 7) is 2.49. The molecular weight excluding hydrogens is 256 g/mol. The predicted octanol–water partition coefficient (Wildman–Crippen LogP) is 4.17. The number of aliphatic hydroxyl groups excluding tert-OH is 1. The Labute approximate surface area is 129 Å². The van der Waals surface area contributed by atoms with Crippen molar-refractivity contribution in [2.45, 2.75) is 64.4 Å². The highest BCUT2D eigenvalue weighted by molar-refractivity contribution is 5.21. The van der Waals surface area contributed by atoms with E-state index in [0.29, 0.717) is 11.3 Å². The van der Waals surface area contributed by atoms with Crippen LogP contribution in [0.15, 0.2) is 11.6 Å². The summed E-state index contributed by atoms with van der Waals surface area (Å²) < 4.78 is 0. The number of rotatable bonds is 0. The van der Waals surface area contributed by atoms with Crippen LogP contribution in [0.1, 0.15) is 58.3 Å². The van der Waals surface area contributed by atoms with E-state index in [0.717, 1.165) is 30.1 Å². The lowest BCUT2D eigenvalue weighted by molar-refractivity contribution is -0.0153. The fourth-order valence-corrected chi connectivity index (χ4v) is 6.59. The normalized spacial score (nSPS) is 52.1. The fraction of sp³-hybridized carbons (Fsp3) is 0.800. The third kappa shape index (κ3) is 1.95. The van der Waals surface area contributed by atoms with E-state index in [1.807, 2.05) is 0 Å². The van der Waals surface area contributed by atoms with Crippen molar-refractivity contribution in [2.24, 2.45) is 35.0 Å². The Bertz CT molecular complexity index is 498. The molecule has 0 heterocycles. The van der Waals surface area contributed by atoms with Gasteiger partial charge in [0.05, 0.1) is 6.10 Å². The molecule has 114 valence electrons. The summed E-state index contributed by atoms with van der Waals surface area (Å²) in [7, 11) is 0. The highest BCUT2D eigenvalue weighted by Crippen LogP contribution is 2.63. The summed E-state index contributed by atoms with van der Waals surface area (Å²) in [6.07, 6.45) is 17.9. The number of terminal acetylenes is 1. The molecule has 3 fully saturated rings. The van der Waals surface area contributed by atoms with Crippen LogP contribution in [0.4, 0.5) is 0 Å². The molecule has 1 unspecified atom stereocenters. The molecule has 4 rings (SSSR count). The highest BCUT2D eigenvalue weighted by atomic mass is 16.3. The minimum Gasteiger partial charge on any atom is -0.389 e. The molecule has 1 nitrogen and oxygen atoms in total. The van der Waals surface area contributed by atoms with Gasteiger partial charge in [-0.3, -0.25) is 0 Å². The SMILES string of the molecule is C#C[C@H]1CC[C@H]2[C@@H]3CCC4=CC(O)CC[C@@H]4[C@H]3CC[C@]12C. The van der Waals surface area contributed by atoms with E-state index in [1.165, 1.54) is 44.9 Å². The first-order chi connectivity index (χ1) is 10.1. The summed E-state index contributed by atoms with van der Waals surface area (Å²) in [5.41, 5.74) is 2.01. The van der Waals surface area contributed by atoms with E-state index >= 15 is 0 Å². The molecule has 7 atom stereocenters. The quantitative estimate of drug-likeness (QED) is 0.523. The molecule has 0 spiro atoms. The molecule has 4 aliphatic rings. The number of hydrogen-bond donors (Lipinski definition) is 1. The second-order valence-corrected chi connectivity index (χ2v) is 8.31. The van der Waals surface area contributed by atoms with Gasteiger partial charge in [0, 0.05) is 5.92 Å². The lowest BCUT2D eigenvalue weighted by Gasteiger charge is -2.53. The Morgan fingerprint density at radius 3 is 2.81 bits per heavy atom. The van der Waals surface area contributed by atoms with Gasteiger partial charge in [0.25, 0.3) is 0 Å². The van der Waals surface area contributed by atoms with Crippen molar-refractivity contribution >= 4 is 0 Å². The van der Waals surface area contributed by atoms with Gasteiger partial charge in [0.15, 0.2) is 0 Å². The number of hydrogen-bond acceptors (Lipinski definition) is 1. The first kappa shape index (κ1) is 13.9. The topological polar surface area (TPSA) is 20.2 Å². The molecule has 0 aromatic heterocycles. The van der Waals surface area contributed by atoms with Crippen molar-refractivity contribution in [3.63, 3.8) is 0 Å². The van der Waals surface area contributed by atoms with Crippen LogP contribution in [0.5, 0.6) is 0 Å². The fourth-order valence-electron chi connectivity index (χ4n) is 6.59. The third-order valence-corrected chi connectivity index (χ3v) is 7.63. The average Bonchev–Trinajstić information content (AvgIpc) is 2.83. The second-order valence-electron chi connectivity index (χ2n) is 8.31. The molecule has 0 aromatic rings. The molecule has 1 heteroatoms. The Morgan fingerprint density at radius 1 is 1.14 bits per heavy atom. The van der Waals surface area contributed by atoms with E-state index < -0.39 is 0 Å². The molecular formula is C20H28O. The maximum atomic E-state index is 9.90. The van der Waals surface area contributed by atoms with Crippen LogP contribution in [0.25, 0.3) is 0 Å². The number of aliphatic hydroxyl groups is 1. The third-order valence-electron chi connectivity index (χ3n) is 7.63. The first-order valence-corrected chi connectivity index (χ1v) is 8.98. The largest absolute Gasteiger partial charge is 0.389 e. The lowest BCUT2D eigenvalue weighted by atomic mass is 9.51. The van der Waals surface area contributed by atoms with E-state index in [1.54, 1.807) is 5.57 Å². The van der Waals surface area contributed by atoms with Crippen molar-refractivity contribution in [1.82, 2.24) is 0 Å². The number of allylic oxidation sites excluding steroid dienone is 1. The van der Waals surface area contributed by atoms with Crippen molar-refractivity contribution in [3.05, 3.63) is 11.6 Å².